The maximum absolute atomic E-state index is 13.6. The number of hydrazone groups is 1. The minimum Gasteiger partial charge on any atom is -0.507 e. The van der Waals surface area contributed by atoms with Gasteiger partial charge in [0.05, 0.1) is 18.2 Å². The van der Waals surface area contributed by atoms with Crippen LogP contribution in [0.4, 0.5) is 4.39 Å². The van der Waals surface area contributed by atoms with Crippen LogP contribution >= 0.6 is 11.8 Å². The van der Waals surface area contributed by atoms with Gasteiger partial charge in [-0.1, -0.05) is 48.2 Å². The molecule has 0 saturated heterocycles. The molecule has 5 rings (SSSR count). The van der Waals surface area contributed by atoms with E-state index >= 15 is 0 Å². The Balaban J connectivity index is 1.50. The van der Waals surface area contributed by atoms with Crippen molar-refractivity contribution in [3.63, 3.8) is 0 Å². The number of carboxylic acids is 1. The summed E-state index contributed by atoms with van der Waals surface area (Å²) in [7, 11) is 1.48. The van der Waals surface area contributed by atoms with E-state index in [4.69, 9.17) is 9.47 Å². The molecule has 0 unspecified atom stereocenters. The number of phenols is 1. The molecule has 40 heavy (non-hydrogen) atoms. The van der Waals surface area contributed by atoms with Gasteiger partial charge in [0, 0.05) is 11.1 Å². The Hall–Kier alpha value is -4.83. The van der Waals surface area contributed by atoms with E-state index in [1.807, 2.05) is 0 Å². The molecule has 1 aliphatic rings. The number of amides is 1. The number of benzene rings is 4. The van der Waals surface area contributed by atoms with Crippen LogP contribution in [0.15, 0.2) is 96.1 Å². The standard InChI is InChI=1S/C30H23FN2O6S/c1-38-26-23(9-5-11-25(26)39-17-18-6-4-7-20(16-18)30(36)37)29-33(28(35)22-8-2-3-10-24(22)34)32-27(40-29)19-12-14-21(31)15-13-19/h2-16,29,34H,17H2,1H3,(H,36,37)/t29-/m1/s1. The summed E-state index contributed by atoms with van der Waals surface area (Å²) in [6.45, 7) is 0.0800. The normalized spacial score (nSPS) is 14.5. The molecule has 0 fully saturated rings. The second-order valence-electron chi connectivity index (χ2n) is 8.72. The number of methoxy groups -OCH3 is 1. The second-order valence-corrected chi connectivity index (χ2v) is 9.79. The SMILES string of the molecule is COc1c(OCc2cccc(C(=O)O)c2)cccc1[C@H]1SC(c2ccc(F)cc2)=NN1C(=O)c1ccccc1O. The Morgan fingerprint density at radius 3 is 2.48 bits per heavy atom. The van der Waals surface area contributed by atoms with Gasteiger partial charge in [0.2, 0.25) is 0 Å². The van der Waals surface area contributed by atoms with Crippen molar-refractivity contribution in [3.05, 3.63) is 125 Å². The fourth-order valence-corrected chi connectivity index (χ4v) is 5.36. The molecule has 8 nitrogen and oxygen atoms in total. The van der Waals surface area contributed by atoms with Crippen molar-refractivity contribution in [2.75, 3.05) is 7.11 Å². The van der Waals surface area contributed by atoms with Crippen LogP contribution in [0.1, 0.15) is 42.8 Å². The minimum atomic E-state index is -1.04. The smallest absolute Gasteiger partial charge is 0.335 e. The number of carboxylic acid groups (broad SMARTS) is 1. The van der Waals surface area contributed by atoms with E-state index in [0.717, 1.165) is 0 Å². The number of phenolic OH excluding ortho intramolecular Hbond substituents is 1. The summed E-state index contributed by atoms with van der Waals surface area (Å²) in [6, 6.07) is 23.6. The molecule has 4 aromatic carbocycles. The van der Waals surface area contributed by atoms with Gasteiger partial charge < -0.3 is 19.7 Å². The number of carbonyl (C=O) groups is 2. The van der Waals surface area contributed by atoms with E-state index < -0.39 is 23.1 Å². The predicted molar refractivity (Wildman–Crippen MR) is 148 cm³/mol. The van der Waals surface area contributed by atoms with E-state index in [9.17, 15) is 24.2 Å². The largest absolute Gasteiger partial charge is 0.507 e. The number of nitrogens with zero attached hydrogens (tertiary/aromatic N) is 2. The van der Waals surface area contributed by atoms with Crippen LogP contribution in [0.3, 0.4) is 0 Å². The molecular formula is C30H23FN2O6S. The maximum Gasteiger partial charge on any atom is 0.335 e. The number of ether oxygens (including phenoxy) is 2. The lowest BCUT2D eigenvalue weighted by Gasteiger charge is -2.24. The highest BCUT2D eigenvalue weighted by atomic mass is 32.2. The van der Waals surface area contributed by atoms with Gasteiger partial charge in [0.1, 0.15) is 28.6 Å². The molecule has 0 spiro atoms. The Morgan fingerprint density at radius 1 is 1.00 bits per heavy atom. The summed E-state index contributed by atoms with van der Waals surface area (Å²) >= 11 is 1.27. The zero-order chi connectivity index (χ0) is 28.2. The molecular weight excluding hydrogens is 535 g/mol. The number of carbonyl (C=O) groups excluding carboxylic acids is 1. The number of rotatable bonds is 8. The quantitative estimate of drug-likeness (QED) is 0.270. The summed E-state index contributed by atoms with van der Waals surface area (Å²) < 4.78 is 25.3. The van der Waals surface area contributed by atoms with Crippen molar-refractivity contribution in [2.45, 2.75) is 12.0 Å². The fraction of sp³-hybridized carbons (Fsp3) is 0.100. The Bertz CT molecular complexity index is 1610. The van der Waals surface area contributed by atoms with Gasteiger partial charge in [-0.05, 0) is 60.2 Å². The van der Waals surface area contributed by atoms with E-state index in [2.05, 4.69) is 5.10 Å². The third-order valence-corrected chi connectivity index (χ3v) is 7.34. The third kappa shape index (κ3) is 5.48. The highest BCUT2D eigenvalue weighted by molar-refractivity contribution is 8.14. The average molecular weight is 559 g/mol. The molecule has 0 aliphatic carbocycles. The van der Waals surface area contributed by atoms with Gasteiger partial charge in [0.25, 0.3) is 5.91 Å². The summed E-state index contributed by atoms with van der Waals surface area (Å²) in [5, 5.41) is 25.2. The lowest BCUT2D eigenvalue weighted by Crippen LogP contribution is -2.26. The van der Waals surface area contributed by atoms with Crippen molar-refractivity contribution in [2.24, 2.45) is 5.10 Å². The summed E-state index contributed by atoms with van der Waals surface area (Å²) in [5.74, 6) is -1.41. The van der Waals surface area contributed by atoms with Crippen molar-refractivity contribution in [1.82, 2.24) is 5.01 Å². The molecule has 0 radical (unpaired) electrons. The van der Waals surface area contributed by atoms with Crippen LogP contribution in [0.25, 0.3) is 0 Å². The van der Waals surface area contributed by atoms with Crippen LogP contribution in [0, 0.1) is 5.82 Å². The van der Waals surface area contributed by atoms with Crippen molar-refractivity contribution < 1.29 is 33.7 Å². The Kier molecular flexibility index (Phi) is 7.70. The lowest BCUT2D eigenvalue weighted by atomic mass is 10.1. The molecule has 4 aromatic rings. The molecule has 0 saturated carbocycles. The number of hydrogen-bond acceptors (Lipinski definition) is 7. The maximum atomic E-state index is 13.6. The van der Waals surface area contributed by atoms with Gasteiger partial charge in [-0.3, -0.25) is 4.79 Å². The summed E-state index contributed by atoms with van der Waals surface area (Å²) in [6.07, 6.45) is 0. The first kappa shape index (κ1) is 26.8. The number of hydrogen-bond donors (Lipinski definition) is 2. The van der Waals surface area contributed by atoms with Crippen molar-refractivity contribution in [1.29, 1.82) is 0 Å². The zero-order valence-electron chi connectivity index (χ0n) is 21.2. The minimum absolute atomic E-state index is 0.0712. The van der Waals surface area contributed by atoms with E-state index in [1.54, 1.807) is 54.6 Å². The predicted octanol–water partition coefficient (Wildman–Crippen LogP) is 6.07. The summed E-state index contributed by atoms with van der Waals surface area (Å²) in [5.41, 5.74) is 2.07. The molecule has 1 atom stereocenters. The Labute approximate surface area is 233 Å². The molecule has 0 bridgehead atoms. The first-order valence-electron chi connectivity index (χ1n) is 12.1. The zero-order valence-corrected chi connectivity index (χ0v) is 22.0. The molecule has 1 heterocycles. The number of thioether (sulfide) groups is 1. The molecule has 10 heteroatoms. The van der Waals surface area contributed by atoms with Crippen LogP contribution in [0.2, 0.25) is 0 Å². The van der Waals surface area contributed by atoms with Crippen molar-refractivity contribution >= 4 is 28.7 Å². The second kappa shape index (κ2) is 11.5. The molecule has 202 valence electrons. The molecule has 0 aromatic heterocycles. The topological polar surface area (TPSA) is 109 Å². The Morgan fingerprint density at radius 2 is 1.75 bits per heavy atom. The molecule has 2 N–H and O–H groups in total. The first-order chi connectivity index (χ1) is 19.4. The monoisotopic (exact) mass is 558 g/mol. The molecule has 1 aliphatic heterocycles. The number of aromatic hydroxyl groups is 1. The van der Waals surface area contributed by atoms with E-state index in [1.165, 1.54) is 60.3 Å². The lowest BCUT2D eigenvalue weighted by molar-refractivity contribution is 0.0695. The van der Waals surface area contributed by atoms with Crippen LogP contribution in [-0.2, 0) is 6.61 Å². The van der Waals surface area contributed by atoms with Gasteiger partial charge in [-0.2, -0.15) is 5.10 Å². The molecule has 1 amide bonds. The number of para-hydroxylation sites is 2. The van der Waals surface area contributed by atoms with Crippen LogP contribution < -0.4 is 9.47 Å². The highest BCUT2D eigenvalue weighted by Crippen LogP contribution is 2.48. The van der Waals surface area contributed by atoms with E-state index in [-0.39, 0.29) is 23.5 Å². The average Bonchev–Trinajstić information content (AvgIpc) is 3.41. The first-order valence-corrected chi connectivity index (χ1v) is 13.0. The third-order valence-electron chi connectivity index (χ3n) is 6.13. The van der Waals surface area contributed by atoms with Crippen molar-refractivity contribution in [3.8, 4) is 17.2 Å². The van der Waals surface area contributed by atoms with Gasteiger partial charge >= 0.3 is 5.97 Å². The van der Waals surface area contributed by atoms with Gasteiger partial charge in [0.15, 0.2) is 11.5 Å². The fourth-order valence-electron chi connectivity index (χ4n) is 4.19. The van der Waals surface area contributed by atoms with Gasteiger partial charge in [-0.25, -0.2) is 14.2 Å². The van der Waals surface area contributed by atoms with Crippen LogP contribution in [-0.4, -0.2) is 39.3 Å². The summed E-state index contributed by atoms with van der Waals surface area (Å²) in [4.78, 5) is 25.0. The van der Waals surface area contributed by atoms with Crippen LogP contribution in [0.5, 0.6) is 17.2 Å². The highest BCUT2D eigenvalue weighted by Gasteiger charge is 2.37. The van der Waals surface area contributed by atoms with Gasteiger partial charge in [-0.15, -0.1) is 0 Å². The van der Waals surface area contributed by atoms with E-state index in [0.29, 0.717) is 33.2 Å². The number of aromatic carboxylic acids is 1. The number of halogens is 1.